The molecule has 3 heteroatoms. The van der Waals surface area contributed by atoms with E-state index >= 15 is 0 Å². The molecule has 1 saturated heterocycles. The molecule has 2 atom stereocenters. The van der Waals surface area contributed by atoms with Gasteiger partial charge in [-0.3, -0.25) is 4.79 Å². The maximum absolute atomic E-state index is 11.4. The third kappa shape index (κ3) is 0.989. The lowest BCUT2D eigenvalue weighted by molar-refractivity contribution is -0.124. The lowest BCUT2D eigenvalue weighted by Crippen LogP contribution is -2.55. The van der Waals surface area contributed by atoms with Crippen LogP contribution < -0.4 is 4.90 Å². The first kappa shape index (κ1) is 8.48. The minimum absolute atomic E-state index is 0.266. The van der Waals surface area contributed by atoms with Gasteiger partial charge in [0, 0.05) is 23.0 Å². The molecule has 0 saturated carbocycles. The van der Waals surface area contributed by atoms with Crippen molar-refractivity contribution in [2.75, 3.05) is 4.90 Å². The fourth-order valence-corrected chi connectivity index (χ4v) is 3.16. The van der Waals surface area contributed by atoms with Crippen molar-refractivity contribution >= 4 is 27.5 Å². The van der Waals surface area contributed by atoms with Crippen molar-refractivity contribution < 1.29 is 4.79 Å². The summed E-state index contributed by atoms with van der Waals surface area (Å²) in [6.07, 6.45) is 1.76. The highest BCUT2D eigenvalue weighted by molar-refractivity contribution is 9.09. The van der Waals surface area contributed by atoms with Crippen LogP contribution in [0.5, 0.6) is 0 Å². The number of nitrogens with zero attached hydrogens (tertiary/aromatic N) is 1. The standard InChI is InChI=1S/C11H10BrNO/c12-9-5-7-6-11(14)13(7)10-4-2-1-3-8(9)10/h1-4,7,9H,5-6H2/t7-,9+/m1/s1. The molecule has 0 spiro atoms. The zero-order valence-electron chi connectivity index (χ0n) is 7.61. The van der Waals surface area contributed by atoms with E-state index in [0.29, 0.717) is 10.9 Å². The highest BCUT2D eigenvalue weighted by Crippen LogP contribution is 2.46. The predicted molar refractivity (Wildman–Crippen MR) is 58.6 cm³/mol. The molecule has 0 aromatic heterocycles. The van der Waals surface area contributed by atoms with E-state index in [9.17, 15) is 4.79 Å². The van der Waals surface area contributed by atoms with Crippen LogP contribution in [-0.4, -0.2) is 11.9 Å². The minimum atomic E-state index is 0.266. The Morgan fingerprint density at radius 3 is 2.93 bits per heavy atom. The van der Waals surface area contributed by atoms with E-state index < -0.39 is 0 Å². The molecule has 72 valence electrons. The largest absolute Gasteiger partial charge is 0.308 e. The number of β-lactam (4-membered cyclic amide) rings is 1. The molecule has 2 aliphatic heterocycles. The number of amides is 1. The summed E-state index contributed by atoms with van der Waals surface area (Å²) >= 11 is 3.67. The second kappa shape index (κ2) is 2.83. The van der Waals surface area contributed by atoms with E-state index in [0.717, 1.165) is 18.5 Å². The summed E-state index contributed by atoms with van der Waals surface area (Å²) in [7, 11) is 0. The smallest absolute Gasteiger partial charge is 0.229 e. The Hall–Kier alpha value is -0.830. The van der Waals surface area contributed by atoms with Gasteiger partial charge in [-0.2, -0.15) is 0 Å². The summed E-state index contributed by atoms with van der Waals surface area (Å²) < 4.78 is 0. The van der Waals surface area contributed by atoms with Crippen LogP contribution in [0.15, 0.2) is 24.3 Å². The van der Waals surface area contributed by atoms with E-state index in [-0.39, 0.29) is 5.91 Å². The number of rotatable bonds is 0. The molecular weight excluding hydrogens is 242 g/mol. The summed E-state index contributed by atoms with van der Waals surface area (Å²) in [5.41, 5.74) is 2.35. The van der Waals surface area contributed by atoms with E-state index in [4.69, 9.17) is 0 Å². The molecule has 2 aliphatic rings. The Balaban J connectivity index is 2.12. The molecular formula is C11H10BrNO. The number of carbonyl (C=O) groups is 1. The van der Waals surface area contributed by atoms with Crippen LogP contribution in [0.3, 0.4) is 0 Å². The first-order valence-corrected chi connectivity index (χ1v) is 5.74. The molecule has 0 bridgehead atoms. The monoisotopic (exact) mass is 251 g/mol. The van der Waals surface area contributed by atoms with Gasteiger partial charge in [0.15, 0.2) is 0 Å². The van der Waals surface area contributed by atoms with E-state index in [2.05, 4.69) is 22.0 Å². The highest BCUT2D eigenvalue weighted by atomic mass is 79.9. The zero-order valence-corrected chi connectivity index (χ0v) is 9.20. The molecule has 14 heavy (non-hydrogen) atoms. The minimum Gasteiger partial charge on any atom is -0.308 e. The van der Waals surface area contributed by atoms with Gasteiger partial charge in [-0.15, -0.1) is 0 Å². The van der Waals surface area contributed by atoms with E-state index in [1.54, 1.807) is 0 Å². The zero-order chi connectivity index (χ0) is 9.71. The molecule has 0 aliphatic carbocycles. The second-order valence-corrected chi connectivity index (χ2v) is 4.99. The van der Waals surface area contributed by atoms with Gasteiger partial charge in [0.05, 0.1) is 0 Å². The summed E-state index contributed by atoms with van der Waals surface area (Å²) in [5.74, 6) is 0.266. The molecule has 3 rings (SSSR count). The van der Waals surface area contributed by atoms with Crippen LogP contribution in [0.2, 0.25) is 0 Å². The van der Waals surface area contributed by atoms with Crippen molar-refractivity contribution in [3.63, 3.8) is 0 Å². The van der Waals surface area contributed by atoms with Gasteiger partial charge >= 0.3 is 0 Å². The summed E-state index contributed by atoms with van der Waals surface area (Å²) in [5, 5.41) is 0. The van der Waals surface area contributed by atoms with Crippen molar-refractivity contribution in [1.29, 1.82) is 0 Å². The van der Waals surface area contributed by atoms with Crippen LogP contribution >= 0.6 is 15.9 Å². The van der Waals surface area contributed by atoms with Gasteiger partial charge in [-0.25, -0.2) is 0 Å². The number of carbonyl (C=O) groups excluding carboxylic acids is 1. The molecule has 2 nitrogen and oxygen atoms in total. The summed E-state index contributed by atoms with van der Waals surface area (Å²) in [4.78, 5) is 13.8. The number of alkyl halides is 1. The molecule has 0 unspecified atom stereocenters. The average molecular weight is 252 g/mol. The maximum Gasteiger partial charge on any atom is 0.229 e. The van der Waals surface area contributed by atoms with Crippen molar-refractivity contribution in [2.45, 2.75) is 23.7 Å². The van der Waals surface area contributed by atoms with Crippen LogP contribution in [0, 0.1) is 0 Å². The lowest BCUT2D eigenvalue weighted by atomic mass is 9.87. The molecule has 1 fully saturated rings. The molecule has 0 N–H and O–H groups in total. The fourth-order valence-electron chi connectivity index (χ4n) is 2.34. The first-order chi connectivity index (χ1) is 6.77. The van der Waals surface area contributed by atoms with Gasteiger partial charge in [0.1, 0.15) is 0 Å². The first-order valence-electron chi connectivity index (χ1n) is 4.82. The third-order valence-corrected chi connectivity index (χ3v) is 3.92. The Bertz CT molecular complexity index is 404. The fraction of sp³-hybridized carbons (Fsp3) is 0.364. The molecule has 0 radical (unpaired) electrons. The summed E-state index contributed by atoms with van der Waals surface area (Å²) in [6, 6.07) is 8.58. The number of anilines is 1. The van der Waals surface area contributed by atoms with Crippen molar-refractivity contribution in [2.24, 2.45) is 0 Å². The Labute approximate surface area is 91.0 Å². The average Bonchev–Trinajstić information content (AvgIpc) is 2.16. The third-order valence-electron chi connectivity index (χ3n) is 3.06. The molecule has 1 aromatic rings. The Kier molecular flexibility index (Phi) is 1.71. The number of para-hydroxylation sites is 1. The van der Waals surface area contributed by atoms with Crippen molar-refractivity contribution in [3.05, 3.63) is 29.8 Å². The summed E-state index contributed by atoms with van der Waals surface area (Å²) in [6.45, 7) is 0. The number of fused-ring (bicyclic) bond motifs is 3. The number of halogens is 1. The van der Waals surface area contributed by atoms with Gasteiger partial charge in [0.25, 0.3) is 0 Å². The van der Waals surface area contributed by atoms with Crippen molar-refractivity contribution in [3.8, 4) is 0 Å². The highest BCUT2D eigenvalue weighted by Gasteiger charge is 2.43. The number of hydrogen-bond donors (Lipinski definition) is 0. The quantitative estimate of drug-likeness (QED) is 0.513. The van der Waals surface area contributed by atoms with Crippen molar-refractivity contribution in [1.82, 2.24) is 0 Å². The molecule has 1 amide bonds. The van der Waals surface area contributed by atoms with Gasteiger partial charge < -0.3 is 4.90 Å². The van der Waals surface area contributed by atoms with Crippen LogP contribution in [0.1, 0.15) is 23.2 Å². The SMILES string of the molecule is O=C1C[C@H]2C[C@H](Br)c3ccccc3N12. The number of hydrogen-bond acceptors (Lipinski definition) is 1. The van der Waals surface area contributed by atoms with Crippen LogP contribution in [0.25, 0.3) is 0 Å². The Morgan fingerprint density at radius 2 is 2.14 bits per heavy atom. The molecule has 2 heterocycles. The second-order valence-electron chi connectivity index (χ2n) is 3.88. The van der Waals surface area contributed by atoms with Gasteiger partial charge in [-0.05, 0) is 18.1 Å². The van der Waals surface area contributed by atoms with Gasteiger partial charge in [-0.1, -0.05) is 34.1 Å². The number of benzene rings is 1. The normalized spacial score (nSPS) is 29.2. The topological polar surface area (TPSA) is 20.3 Å². The van der Waals surface area contributed by atoms with Gasteiger partial charge in [0.2, 0.25) is 5.91 Å². The van der Waals surface area contributed by atoms with Crippen LogP contribution in [-0.2, 0) is 4.79 Å². The van der Waals surface area contributed by atoms with E-state index in [1.807, 2.05) is 23.1 Å². The maximum atomic E-state index is 11.4. The lowest BCUT2D eigenvalue weighted by Gasteiger charge is -2.46. The predicted octanol–water partition coefficient (Wildman–Crippen LogP) is 2.63. The van der Waals surface area contributed by atoms with Crippen LogP contribution in [0.4, 0.5) is 5.69 Å². The Morgan fingerprint density at radius 1 is 1.36 bits per heavy atom. The molecule has 1 aromatic carbocycles. The van der Waals surface area contributed by atoms with E-state index in [1.165, 1.54) is 5.56 Å².